The van der Waals surface area contributed by atoms with Crippen molar-refractivity contribution in [2.75, 3.05) is 0 Å². The lowest BCUT2D eigenvalue weighted by Crippen LogP contribution is -2.26. The molecule has 0 amide bonds. The molecular formula is C7H2BrF9. The molecule has 100 valence electrons. The van der Waals surface area contributed by atoms with Gasteiger partial charge < -0.3 is 0 Å². The van der Waals surface area contributed by atoms with Crippen LogP contribution in [-0.4, -0.2) is 18.5 Å². The topological polar surface area (TPSA) is 0 Å². The molecule has 0 rings (SSSR count). The van der Waals surface area contributed by atoms with Crippen LogP contribution in [0.4, 0.5) is 39.5 Å². The van der Waals surface area contributed by atoms with Crippen molar-refractivity contribution < 1.29 is 39.5 Å². The van der Waals surface area contributed by atoms with Crippen LogP contribution in [0.3, 0.4) is 0 Å². The molecule has 0 saturated carbocycles. The van der Waals surface area contributed by atoms with Crippen LogP contribution in [-0.2, 0) is 0 Å². The van der Waals surface area contributed by atoms with Gasteiger partial charge >= 0.3 is 18.5 Å². The zero-order valence-corrected chi connectivity index (χ0v) is 9.02. The maximum absolute atomic E-state index is 11.9. The maximum atomic E-state index is 11.9. The Hall–Kier alpha value is -0.670. The van der Waals surface area contributed by atoms with E-state index in [4.69, 9.17) is 0 Å². The summed E-state index contributed by atoms with van der Waals surface area (Å²) in [6.45, 7) is 0. The van der Waals surface area contributed by atoms with Gasteiger partial charge in [-0.05, 0) is 6.08 Å². The van der Waals surface area contributed by atoms with Crippen molar-refractivity contribution in [1.82, 2.24) is 0 Å². The van der Waals surface area contributed by atoms with E-state index >= 15 is 0 Å². The van der Waals surface area contributed by atoms with Gasteiger partial charge in [-0.15, -0.1) is 0 Å². The summed E-state index contributed by atoms with van der Waals surface area (Å²) in [6.07, 6.45) is -18.0. The quantitative estimate of drug-likeness (QED) is 0.473. The minimum absolute atomic E-state index is 0.673. The standard InChI is InChI=1S/C7H2BrF9/c8-3(2-5(9,10)11)1-4(6(12,13)14)7(15,16)17/h1-2H/b3-2+. The fraction of sp³-hybridized carbons (Fsp3) is 0.429. The largest absolute Gasteiger partial charge is 0.421 e. The molecule has 0 radical (unpaired) electrons. The normalized spacial score (nSPS) is 14.8. The van der Waals surface area contributed by atoms with E-state index in [9.17, 15) is 39.5 Å². The molecule has 0 aromatic carbocycles. The first-order chi connectivity index (χ1) is 7.23. The molecule has 0 spiro atoms. The summed E-state index contributed by atoms with van der Waals surface area (Å²) < 4.78 is 105. The third kappa shape index (κ3) is 6.59. The van der Waals surface area contributed by atoms with Gasteiger partial charge in [-0.3, -0.25) is 0 Å². The molecular weight excluding hydrogens is 335 g/mol. The monoisotopic (exact) mass is 336 g/mol. The van der Waals surface area contributed by atoms with Crippen LogP contribution < -0.4 is 0 Å². The van der Waals surface area contributed by atoms with Crippen molar-refractivity contribution in [2.24, 2.45) is 0 Å². The number of allylic oxidation sites excluding steroid dienone is 4. The fourth-order valence-corrected chi connectivity index (χ4v) is 1.15. The van der Waals surface area contributed by atoms with Gasteiger partial charge in [-0.1, -0.05) is 15.9 Å². The first kappa shape index (κ1) is 16.3. The lowest BCUT2D eigenvalue weighted by atomic mass is 10.2. The number of halogens is 10. The second-order valence-electron chi connectivity index (χ2n) is 2.62. The van der Waals surface area contributed by atoms with Crippen molar-refractivity contribution in [3.05, 3.63) is 22.2 Å². The van der Waals surface area contributed by atoms with E-state index in [1.807, 2.05) is 15.9 Å². The summed E-state index contributed by atoms with van der Waals surface area (Å²) in [5.41, 5.74) is -3.03. The molecule has 0 aliphatic carbocycles. The molecule has 17 heavy (non-hydrogen) atoms. The van der Waals surface area contributed by atoms with E-state index in [0.717, 1.165) is 0 Å². The highest BCUT2D eigenvalue weighted by atomic mass is 79.9. The number of hydrogen-bond donors (Lipinski definition) is 0. The Kier molecular flexibility index (Phi) is 4.71. The number of alkyl halides is 9. The molecule has 0 saturated heterocycles. The van der Waals surface area contributed by atoms with Crippen molar-refractivity contribution >= 4 is 15.9 Å². The molecule has 0 fully saturated rings. The average Bonchev–Trinajstić information content (AvgIpc) is 1.91. The highest BCUT2D eigenvalue weighted by Crippen LogP contribution is 2.40. The Balaban J connectivity index is 5.45. The second kappa shape index (κ2) is 4.91. The van der Waals surface area contributed by atoms with E-state index in [1.165, 1.54) is 0 Å². The van der Waals surface area contributed by atoms with Gasteiger partial charge in [-0.25, -0.2) is 0 Å². The molecule has 0 N–H and O–H groups in total. The summed E-state index contributed by atoms with van der Waals surface area (Å²) in [5.74, 6) is 0. The average molecular weight is 337 g/mol. The van der Waals surface area contributed by atoms with Crippen LogP contribution in [0.25, 0.3) is 0 Å². The second-order valence-corrected chi connectivity index (χ2v) is 3.54. The van der Waals surface area contributed by atoms with Crippen molar-refractivity contribution in [3.8, 4) is 0 Å². The fourth-order valence-electron chi connectivity index (χ4n) is 0.660. The minimum atomic E-state index is -5.79. The van der Waals surface area contributed by atoms with Crippen LogP contribution >= 0.6 is 15.9 Å². The molecule has 0 atom stereocenters. The molecule has 0 aromatic rings. The Morgan fingerprint density at radius 1 is 0.765 bits per heavy atom. The summed E-state index contributed by atoms with van der Waals surface area (Å²) in [5, 5.41) is 0. The zero-order valence-electron chi connectivity index (χ0n) is 7.43. The van der Waals surface area contributed by atoms with Gasteiger partial charge in [-0.2, -0.15) is 39.5 Å². The van der Waals surface area contributed by atoms with E-state index in [1.54, 1.807) is 0 Å². The molecule has 0 aromatic heterocycles. The molecule has 0 aliphatic rings. The van der Waals surface area contributed by atoms with Crippen LogP contribution in [0, 0.1) is 0 Å². The number of rotatable bonds is 1. The third-order valence-corrected chi connectivity index (χ3v) is 1.65. The SMILES string of the molecule is FC(F)(F)/C=C(/Br)C=C(C(F)(F)F)C(F)(F)F. The molecule has 10 heteroatoms. The Morgan fingerprint density at radius 3 is 1.35 bits per heavy atom. The number of hydrogen-bond acceptors (Lipinski definition) is 0. The van der Waals surface area contributed by atoms with Crippen molar-refractivity contribution in [2.45, 2.75) is 18.5 Å². The molecule has 0 heterocycles. The summed E-state index contributed by atoms with van der Waals surface area (Å²) in [7, 11) is 0. The molecule has 0 unspecified atom stereocenters. The van der Waals surface area contributed by atoms with Crippen LogP contribution in [0.1, 0.15) is 0 Å². The highest BCUT2D eigenvalue weighted by molar-refractivity contribution is 9.11. The highest BCUT2D eigenvalue weighted by Gasteiger charge is 2.50. The first-order valence-corrected chi connectivity index (χ1v) is 4.34. The summed E-state index contributed by atoms with van der Waals surface area (Å²) in [6, 6.07) is 0. The van der Waals surface area contributed by atoms with Crippen molar-refractivity contribution in [3.63, 3.8) is 0 Å². The zero-order chi connectivity index (χ0) is 14.1. The predicted molar refractivity (Wildman–Crippen MR) is 43.3 cm³/mol. The van der Waals surface area contributed by atoms with Crippen LogP contribution in [0.2, 0.25) is 0 Å². The van der Waals surface area contributed by atoms with E-state index in [-0.39, 0.29) is 0 Å². The lowest BCUT2D eigenvalue weighted by Gasteiger charge is -2.14. The van der Waals surface area contributed by atoms with Crippen molar-refractivity contribution in [1.29, 1.82) is 0 Å². The van der Waals surface area contributed by atoms with E-state index < -0.39 is 40.7 Å². The Morgan fingerprint density at radius 2 is 1.12 bits per heavy atom. The summed E-state index contributed by atoms with van der Waals surface area (Å²) >= 11 is 1.96. The van der Waals surface area contributed by atoms with Crippen LogP contribution in [0.15, 0.2) is 22.2 Å². The Bertz CT molecular complexity index is 311. The Labute approximate surface area is 96.9 Å². The van der Waals surface area contributed by atoms with Gasteiger partial charge in [0.15, 0.2) is 0 Å². The van der Waals surface area contributed by atoms with Gasteiger partial charge in [0.2, 0.25) is 0 Å². The van der Waals surface area contributed by atoms with Gasteiger partial charge in [0.1, 0.15) is 5.57 Å². The smallest absolute Gasteiger partial charge is 0.167 e. The minimum Gasteiger partial charge on any atom is -0.167 e. The molecule has 0 aliphatic heterocycles. The molecule has 0 nitrogen and oxygen atoms in total. The van der Waals surface area contributed by atoms with Crippen LogP contribution in [0.5, 0.6) is 0 Å². The maximum Gasteiger partial charge on any atom is 0.421 e. The van der Waals surface area contributed by atoms with E-state index in [0.29, 0.717) is 0 Å². The summed E-state index contributed by atoms with van der Waals surface area (Å²) in [4.78, 5) is 0. The van der Waals surface area contributed by atoms with E-state index in [2.05, 4.69) is 0 Å². The van der Waals surface area contributed by atoms with Gasteiger partial charge in [0, 0.05) is 10.6 Å². The first-order valence-electron chi connectivity index (χ1n) is 3.54. The van der Waals surface area contributed by atoms with Gasteiger partial charge in [0.05, 0.1) is 0 Å². The third-order valence-electron chi connectivity index (χ3n) is 1.19. The molecule has 0 bridgehead atoms. The predicted octanol–water partition coefficient (Wildman–Crippen LogP) is 4.88. The lowest BCUT2D eigenvalue weighted by molar-refractivity contribution is -0.171. The van der Waals surface area contributed by atoms with Gasteiger partial charge in [0.25, 0.3) is 0 Å².